The third-order valence-corrected chi connectivity index (χ3v) is 6.38. The number of benzene rings is 2. The minimum Gasteiger partial charge on any atom is -0.126 e. The average Bonchev–Trinajstić information content (AvgIpc) is 2.38. The molecule has 0 aliphatic rings. The van der Waals surface area contributed by atoms with Crippen LogP contribution in [0, 0.1) is 0 Å². The maximum atomic E-state index is 6.25. The van der Waals surface area contributed by atoms with E-state index in [2.05, 4.69) is 24.3 Å². The standard InChI is InChI=1S/C14H13Cl3Si/c15-9-14(18-11-4-2-1-3-5-11)12-7-6-10(16)8-13(12)17/h1-8,14H,9,18H2. The summed E-state index contributed by atoms with van der Waals surface area (Å²) in [7, 11) is -0.489. The fourth-order valence-corrected chi connectivity index (χ4v) is 4.96. The van der Waals surface area contributed by atoms with Crippen molar-refractivity contribution in [2.24, 2.45) is 0 Å². The summed E-state index contributed by atoms with van der Waals surface area (Å²) >= 11 is 18.3. The Bertz CT molecular complexity index is 514. The Morgan fingerprint density at radius 1 is 1.00 bits per heavy atom. The van der Waals surface area contributed by atoms with Gasteiger partial charge in [0.2, 0.25) is 0 Å². The van der Waals surface area contributed by atoms with Gasteiger partial charge in [-0.25, -0.2) is 0 Å². The molecule has 0 heterocycles. The minimum absolute atomic E-state index is 0.346. The first kappa shape index (κ1) is 13.9. The van der Waals surface area contributed by atoms with Crippen LogP contribution in [-0.2, 0) is 0 Å². The summed E-state index contributed by atoms with van der Waals surface area (Å²) in [5.74, 6) is 0.600. The molecular weight excluding hydrogens is 303 g/mol. The lowest BCUT2D eigenvalue weighted by molar-refractivity contribution is 1.08. The van der Waals surface area contributed by atoms with Crippen LogP contribution in [0.1, 0.15) is 11.1 Å². The fourth-order valence-electron chi connectivity index (χ4n) is 1.98. The third-order valence-electron chi connectivity index (χ3n) is 2.91. The Balaban J connectivity index is 2.23. The summed E-state index contributed by atoms with van der Waals surface area (Å²) in [6.45, 7) is 0. The summed E-state index contributed by atoms with van der Waals surface area (Å²) < 4.78 is 0. The van der Waals surface area contributed by atoms with Crippen molar-refractivity contribution in [1.82, 2.24) is 0 Å². The number of hydrogen-bond acceptors (Lipinski definition) is 0. The molecule has 0 saturated carbocycles. The molecule has 0 nitrogen and oxygen atoms in total. The van der Waals surface area contributed by atoms with Crippen LogP contribution in [0.5, 0.6) is 0 Å². The van der Waals surface area contributed by atoms with Gasteiger partial charge in [-0.15, -0.1) is 11.6 Å². The van der Waals surface area contributed by atoms with E-state index in [0.29, 0.717) is 16.4 Å². The van der Waals surface area contributed by atoms with E-state index in [4.69, 9.17) is 34.8 Å². The van der Waals surface area contributed by atoms with Gasteiger partial charge in [0.25, 0.3) is 0 Å². The second-order valence-electron chi connectivity index (χ2n) is 4.21. The lowest BCUT2D eigenvalue weighted by Gasteiger charge is -2.15. The van der Waals surface area contributed by atoms with E-state index in [1.807, 2.05) is 18.2 Å². The maximum Gasteiger partial charge on any atom is 0.0640 e. The molecule has 0 aliphatic carbocycles. The molecule has 2 aromatic rings. The molecule has 1 unspecified atom stereocenters. The van der Waals surface area contributed by atoms with Gasteiger partial charge in [-0.2, -0.15) is 0 Å². The Labute approximate surface area is 125 Å². The first-order chi connectivity index (χ1) is 8.70. The van der Waals surface area contributed by atoms with E-state index in [-0.39, 0.29) is 0 Å². The summed E-state index contributed by atoms with van der Waals surface area (Å²) in [4.78, 5) is 0. The van der Waals surface area contributed by atoms with Crippen molar-refractivity contribution in [2.45, 2.75) is 5.54 Å². The van der Waals surface area contributed by atoms with Crippen LogP contribution in [0.15, 0.2) is 48.5 Å². The molecule has 4 heteroatoms. The molecule has 0 bridgehead atoms. The van der Waals surface area contributed by atoms with Gasteiger partial charge in [-0.1, -0.05) is 64.8 Å². The van der Waals surface area contributed by atoms with Crippen molar-refractivity contribution in [1.29, 1.82) is 0 Å². The first-order valence-electron chi connectivity index (χ1n) is 5.75. The molecule has 0 amide bonds. The van der Waals surface area contributed by atoms with Crippen LogP contribution in [0.2, 0.25) is 10.0 Å². The van der Waals surface area contributed by atoms with E-state index in [9.17, 15) is 0 Å². The molecule has 0 saturated heterocycles. The van der Waals surface area contributed by atoms with E-state index in [0.717, 1.165) is 10.6 Å². The monoisotopic (exact) mass is 314 g/mol. The smallest absolute Gasteiger partial charge is 0.0640 e. The normalized spacial score (nSPS) is 13.1. The van der Waals surface area contributed by atoms with E-state index in [1.54, 1.807) is 6.07 Å². The fraction of sp³-hybridized carbons (Fsp3) is 0.143. The molecule has 0 fully saturated rings. The topological polar surface area (TPSA) is 0 Å². The molecule has 0 aliphatic heterocycles. The molecule has 2 aromatic carbocycles. The Morgan fingerprint density at radius 2 is 1.72 bits per heavy atom. The number of alkyl halides is 1. The highest BCUT2D eigenvalue weighted by molar-refractivity contribution is 6.56. The predicted octanol–water partition coefficient (Wildman–Crippen LogP) is 3.77. The van der Waals surface area contributed by atoms with Crippen LogP contribution in [0.3, 0.4) is 0 Å². The number of hydrogen-bond donors (Lipinski definition) is 0. The SMILES string of the molecule is ClCC([SiH2]c1ccccc1)c1ccc(Cl)cc1Cl. The van der Waals surface area contributed by atoms with E-state index >= 15 is 0 Å². The van der Waals surface area contributed by atoms with Gasteiger partial charge in [0.1, 0.15) is 0 Å². The van der Waals surface area contributed by atoms with Gasteiger partial charge in [0, 0.05) is 15.9 Å². The number of rotatable bonds is 4. The van der Waals surface area contributed by atoms with Crippen molar-refractivity contribution < 1.29 is 0 Å². The van der Waals surface area contributed by atoms with Crippen molar-refractivity contribution in [2.75, 3.05) is 5.88 Å². The lowest BCUT2D eigenvalue weighted by Crippen LogP contribution is -2.23. The van der Waals surface area contributed by atoms with Gasteiger partial charge in [0.15, 0.2) is 0 Å². The molecular formula is C14H13Cl3Si. The Morgan fingerprint density at radius 3 is 2.33 bits per heavy atom. The Kier molecular flexibility index (Phi) is 5.13. The zero-order valence-electron chi connectivity index (χ0n) is 9.74. The van der Waals surface area contributed by atoms with Gasteiger partial charge in [0.05, 0.1) is 9.52 Å². The van der Waals surface area contributed by atoms with Crippen molar-refractivity contribution in [3.8, 4) is 0 Å². The molecule has 0 radical (unpaired) electrons. The van der Waals surface area contributed by atoms with Crippen LogP contribution in [-0.4, -0.2) is 15.4 Å². The van der Waals surface area contributed by atoms with Crippen LogP contribution >= 0.6 is 34.8 Å². The highest BCUT2D eigenvalue weighted by Crippen LogP contribution is 2.27. The van der Waals surface area contributed by atoms with Crippen molar-refractivity contribution in [3.63, 3.8) is 0 Å². The minimum atomic E-state index is -0.489. The highest BCUT2D eigenvalue weighted by atomic mass is 35.5. The predicted molar refractivity (Wildman–Crippen MR) is 84.5 cm³/mol. The maximum absolute atomic E-state index is 6.25. The molecule has 1 atom stereocenters. The lowest BCUT2D eigenvalue weighted by atomic mass is 10.1. The second-order valence-corrected chi connectivity index (χ2v) is 7.57. The van der Waals surface area contributed by atoms with Crippen LogP contribution in [0.25, 0.3) is 0 Å². The third kappa shape index (κ3) is 3.52. The van der Waals surface area contributed by atoms with Gasteiger partial charge in [-0.3, -0.25) is 0 Å². The first-order valence-corrected chi connectivity index (χ1v) is 8.57. The molecule has 18 heavy (non-hydrogen) atoms. The van der Waals surface area contributed by atoms with Gasteiger partial charge >= 0.3 is 0 Å². The largest absolute Gasteiger partial charge is 0.126 e. The number of halogens is 3. The molecule has 94 valence electrons. The van der Waals surface area contributed by atoms with Crippen LogP contribution in [0.4, 0.5) is 0 Å². The zero-order valence-corrected chi connectivity index (χ0v) is 13.4. The van der Waals surface area contributed by atoms with E-state index < -0.39 is 9.52 Å². The summed E-state index contributed by atoms with van der Waals surface area (Å²) in [6, 6.07) is 16.1. The zero-order chi connectivity index (χ0) is 13.0. The average molecular weight is 316 g/mol. The van der Waals surface area contributed by atoms with Crippen LogP contribution < -0.4 is 5.19 Å². The van der Waals surface area contributed by atoms with E-state index in [1.165, 1.54) is 5.19 Å². The van der Waals surface area contributed by atoms with Crippen molar-refractivity contribution in [3.05, 3.63) is 64.1 Å². The molecule has 0 aromatic heterocycles. The highest BCUT2D eigenvalue weighted by Gasteiger charge is 2.15. The molecule has 2 rings (SSSR count). The summed E-state index contributed by atoms with van der Waals surface area (Å²) in [5.41, 5.74) is 1.46. The summed E-state index contributed by atoms with van der Waals surface area (Å²) in [6.07, 6.45) is 0. The van der Waals surface area contributed by atoms with Crippen molar-refractivity contribution >= 4 is 49.5 Å². The molecule has 0 N–H and O–H groups in total. The summed E-state index contributed by atoms with van der Waals surface area (Å²) in [5, 5.41) is 2.78. The second kappa shape index (κ2) is 6.62. The molecule has 0 spiro atoms. The van der Waals surface area contributed by atoms with Gasteiger partial charge < -0.3 is 0 Å². The Hall–Kier alpha value is -0.473. The quantitative estimate of drug-likeness (QED) is 0.595. The van der Waals surface area contributed by atoms with Gasteiger partial charge in [-0.05, 0) is 23.2 Å².